The SMILES string of the molecule is CN(C)c1ccc(CNC(=O)c2cccn2C)cc1. The number of carbonyl (C=O) groups is 1. The maximum absolute atomic E-state index is 11.9. The third-order valence-corrected chi connectivity index (χ3v) is 3.08. The molecule has 4 heteroatoms. The van der Waals surface area contributed by atoms with Gasteiger partial charge in [0.2, 0.25) is 0 Å². The van der Waals surface area contributed by atoms with E-state index >= 15 is 0 Å². The minimum absolute atomic E-state index is 0.0517. The first-order valence-corrected chi connectivity index (χ1v) is 6.23. The van der Waals surface area contributed by atoms with Gasteiger partial charge < -0.3 is 14.8 Å². The van der Waals surface area contributed by atoms with Crippen LogP contribution in [0, 0.1) is 0 Å². The van der Waals surface area contributed by atoms with Crippen LogP contribution in [0.2, 0.25) is 0 Å². The number of aryl methyl sites for hydroxylation is 1. The Bertz CT molecular complexity index is 555. The highest BCUT2D eigenvalue weighted by Gasteiger charge is 2.07. The van der Waals surface area contributed by atoms with Gasteiger partial charge in [0, 0.05) is 39.6 Å². The van der Waals surface area contributed by atoms with E-state index in [4.69, 9.17) is 0 Å². The minimum Gasteiger partial charge on any atom is -0.378 e. The molecule has 19 heavy (non-hydrogen) atoms. The Kier molecular flexibility index (Phi) is 3.90. The zero-order valence-electron chi connectivity index (χ0n) is 11.6. The fourth-order valence-corrected chi connectivity index (χ4v) is 1.88. The van der Waals surface area contributed by atoms with Crippen molar-refractivity contribution in [2.24, 2.45) is 7.05 Å². The van der Waals surface area contributed by atoms with Crippen molar-refractivity contribution in [2.45, 2.75) is 6.54 Å². The van der Waals surface area contributed by atoms with Gasteiger partial charge in [0.25, 0.3) is 5.91 Å². The first kappa shape index (κ1) is 13.2. The highest BCUT2D eigenvalue weighted by molar-refractivity contribution is 5.92. The number of aromatic nitrogens is 1. The second-order valence-electron chi connectivity index (χ2n) is 4.75. The summed E-state index contributed by atoms with van der Waals surface area (Å²) in [4.78, 5) is 14.0. The number of benzene rings is 1. The molecule has 2 aromatic rings. The van der Waals surface area contributed by atoms with E-state index in [1.165, 1.54) is 0 Å². The molecule has 0 aliphatic carbocycles. The molecule has 0 bridgehead atoms. The van der Waals surface area contributed by atoms with Gasteiger partial charge in [-0.1, -0.05) is 12.1 Å². The van der Waals surface area contributed by atoms with Gasteiger partial charge in [-0.2, -0.15) is 0 Å². The van der Waals surface area contributed by atoms with E-state index in [-0.39, 0.29) is 5.91 Å². The van der Waals surface area contributed by atoms with Crippen molar-refractivity contribution in [3.63, 3.8) is 0 Å². The summed E-state index contributed by atoms with van der Waals surface area (Å²) in [6, 6.07) is 11.8. The molecule has 0 saturated carbocycles. The van der Waals surface area contributed by atoms with Gasteiger partial charge in [-0.25, -0.2) is 0 Å². The van der Waals surface area contributed by atoms with Gasteiger partial charge in [-0.05, 0) is 29.8 Å². The molecule has 1 heterocycles. The Balaban J connectivity index is 1.95. The van der Waals surface area contributed by atoms with E-state index in [1.54, 1.807) is 0 Å². The lowest BCUT2D eigenvalue weighted by molar-refractivity contribution is 0.0943. The van der Waals surface area contributed by atoms with Crippen LogP contribution in [0.1, 0.15) is 16.1 Å². The second kappa shape index (κ2) is 5.61. The Morgan fingerprint density at radius 3 is 2.42 bits per heavy atom. The zero-order chi connectivity index (χ0) is 13.8. The van der Waals surface area contributed by atoms with Crippen LogP contribution in [0.3, 0.4) is 0 Å². The van der Waals surface area contributed by atoms with Crippen molar-refractivity contribution in [3.05, 3.63) is 53.9 Å². The maximum atomic E-state index is 11.9. The van der Waals surface area contributed by atoms with Crippen LogP contribution in [0.15, 0.2) is 42.6 Å². The van der Waals surface area contributed by atoms with E-state index in [0.717, 1.165) is 11.3 Å². The first-order valence-electron chi connectivity index (χ1n) is 6.23. The van der Waals surface area contributed by atoms with Gasteiger partial charge in [0.15, 0.2) is 0 Å². The number of anilines is 1. The Morgan fingerprint density at radius 1 is 1.21 bits per heavy atom. The lowest BCUT2D eigenvalue weighted by Gasteiger charge is -2.13. The monoisotopic (exact) mass is 257 g/mol. The fraction of sp³-hybridized carbons (Fsp3) is 0.267. The summed E-state index contributed by atoms with van der Waals surface area (Å²) in [5.41, 5.74) is 2.91. The third-order valence-electron chi connectivity index (χ3n) is 3.08. The highest BCUT2D eigenvalue weighted by Crippen LogP contribution is 2.12. The molecule has 2 rings (SSSR count). The van der Waals surface area contributed by atoms with Crippen molar-refractivity contribution >= 4 is 11.6 Å². The standard InChI is InChI=1S/C15H19N3O/c1-17(2)13-8-6-12(7-9-13)11-16-15(19)14-5-4-10-18(14)3/h4-10H,11H2,1-3H3,(H,16,19). The van der Waals surface area contributed by atoms with Crippen molar-refractivity contribution in [1.29, 1.82) is 0 Å². The van der Waals surface area contributed by atoms with Crippen LogP contribution in [0.5, 0.6) is 0 Å². The Labute approximate surface area is 113 Å². The maximum Gasteiger partial charge on any atom is 0.268 e. The van der Waals surface area contributed by atoms with E-state index in [9.17, 15) is 4.79 Å². The molecule has 0 radical (unpaired) electrons. The van der Waals surface area contributed by atoms with E-state index < -0.39 is 0 Å². The summed E-state index contributed by atoms with van der Waals surface area (Å²) in [6.07, 6.45) is 1.86. The molecule has 4 nitrogen and oxygen atoms in total. The second-order valence-corrected chi connectivity index (χ2v) is 4.75. The molecule has 0 atom stereocenters. The van der Waals surface area contributed by atoms with Crippen LogP contribution in [0.25, 0.3) is 0 Å². The topological polar surface area (TPSA) is 37.3 Å². The van der Waals surface area contributed by atoms with E-state index in [1.807, 2.05) is 73.2 Å². The molecule has 1 amide bonds. The minimum atomic E-state index is -0.0517. The third kappa shape index (κ3) is 3.16. The van der Waals surface area contributed by atoms with Crippen molar-refractivity contribution in [3.8, 4) is 0 Å². The Morgan fingerprint density at radius 2 is 1.89 bits per heavy atom. The van der Waals surface area contributed by atoms with Crippen LogP contribution < -0.4 is 10.2 Å². The van der Waals surface area contributed by atoms with Crippen LogP contribution in [-0.2, 0) is 13.6 Å². The summed E-state index contributed by atoms with van der Waals surface area (Å²) in [5, 5.41) is 2.92. The van der Waals surface area contributed by atoms with Crippen molar-refractivity contribution in [1.82, 2.24) is 9.88 Å². The molecule has 0 aliphatic rings. The van der Waals surface area contributed by atoms with Gasteiger partial charge in [0.05, 0.1) is 0 Å². The summed E-state index contributed by atoms with van der Waals surface area (Å²) >= 11 is 0. The normalized spacial score (nSPS) is 10.3. The molecule has 0 fully saturated rings. The molecule has 0 spiro atoms. The van der Waals surface area contributed by atoms with Gasteiger partial charge >= 0.3 is 0 Å². The highest BCUT2D eigenvalue weighted by atomic mass is 16.1. The van der Waals surface area contributed by atoms with Gasteiger partial charge in [0.1, 0.15) is 5.69 Å². The number of carbonyl (C=O) groups excluding carboxylic acids is 1. The lowest BCUT2D eigenvalue weighted by atomic mass is 10.2. The molecule has 100 valence electrons. The molecular weight excluding hydrogens is 238 g/mol. The van der Waals surface area contributed by atoms with E-state index in [0.29, 0.717) is 12.2 Å². The Hall–Kier alpha value is -2.23. The summed E-state index contributed by atoms with van der Waals surface area (Å²) in [6.45, 7) is 0.539. The summed E-state index contributed by atoms with van der Waals surface area (Å²) in [7, 11) is 5.87. The number of amides is 1. The number of hydrogen-bond acceptors (Lipinski definition) is 2. The predicted octanol–water partition coefficient (Wildman–Crippen LogP) is 2.02. The smallest absolute Gasteiger partial charge is 0.268 e. The zero-order valence-corrected chi connectivity index (χ0v) is 11.6. The van der Waals surface area contributed by atoms with Crippen LogP contribution in [-0.4, -0.2) is 24.6 Å². The number of rotatable bonds is 4. The van der Waals surface area contributed by atoms with Crippen molar-refractivity contribution < 1.29 is 4.79 Å². The predicted molar refractivity (Wildman–Crippen MR) is 77.4 cm³/mol. The molecule has 1 aromatic carbocycles. The average Bonchev–Trinajstić information content (AvgIpc) is 2.83. The molecular formula is C15H19N3O. The molecule has 1 aromatic heterocycles. The van der Waals surface area contributed by atoms with Gasteiger partial charge in [-0.3, -0.25) is 4.79 Å². The average molecular weight is 257 g/mol. The van der Waals surface area contributed by atoms with Gasteiger partial charge in [-0.15, -0.1) is 0 Å². The fourth-order valence-electron chi connectivity index (χ4n) is 1.88. The number of nitrogens with one attached hydrogen (secondary N) is 1. The summed E-state index contributed by atoms with van der Waals surface area (Å²) in [5.74, 6) is -0.0517. The van der Waals surface area contributed by atoms with Crippen LogP contribution in [0.4, 0.5) is 5.69 Å². The van der Waals surface area contributed by atoms with E-state index in [2.05, 4.69) is 5.32 Å². The van der Waals surface area contributed by atoms with Crippen molar-refractivity contribution in [2.75, 3.05) is 19.0 Å². The molecule has 0 aliphatic heterocycles. The largest absolute Gasteiger partial charge is 0.378 e. The lowest BCUT2D eigenvalue weighted by Crippen LogP contribution is -2.24. The quantitative estimate of drug-likeness (QED) is 0.910. The molecule has 1 N–H and O–H groups in total. The molecule has 0 unspecified atom stereocenters. The number of hydrogen-bond donors (Lipinski definition) is 1. The molecule has 0 saturated heterocycles. The van der Waals surface area contributed by atoms with Crippen LogP contribution >= 0.6 is 0 Å². The first-order chi connectivity index (χ1) is 9.08. The number of nitrogens with zero attached hydrogens (tertiary/aromatic N) is 2. The summed E-state index contributed by atoms with van der Waals surface area (Å²) < 4.78 is 1.81.